The minimum absolute atomic E-state index is 0.161. The van der Waals surface area contributed by atoms with Crippen LogP contribution in [0.25, 0.3) is 11.1 Å². The van der Waals surface area contributed by atoms with Gasteiger partial charge in [0.05, 0.1) is 11.3 Å². The van der Waals surface area contributed by atoms with Crippen molar-refractivity contribution in [2.75, 3.05) is 5.73 Å². The maximum Gasteiger partial charge on any atom is 0.336 e. The fraction of sp³-hybridized carbons (Fsp3) is 0.0500. The third-order valence-corrected chi connectivity index (χ3v) is 3.97. The summed E-state index contributed by atoms with van der Waals surface area (Å²) in [6, 6.07) is 19.6. The molecule has 0 radical (unpaired) electrons. The number of carboxylic acids is 1. The molecule has 25 heavy (non-hydrogen) atoms. The topological polar surface area (TPSA) is 72.6 Å². The second kappa shape index (κ2) is 7.28. The van der Waals surface area contributed by atoms with Crippen molar-refractivity contribution in [1.82, 2.24) is 0 Å². The van der Waals surface area contributed by atoms with Crippen molar-refractivity contribution >= 4 is 23.3 Å². The number of benzene rings is 3. The molecule has 0 aliphatic carbocycles. The van der Waals surface area contributed by atoms with Gasteiger partial charge in [-0.15, -0.1) is 0 Å². The highest BCUT2D eigenvalue weighted by molar-refractivity contribution is 6.31. The standard InChI is InChI=1S/C20H16ClNO3/c21-14-10-17(15-8-4-5-9-16(15)20(23)24)19(18(22)11-14)25-12-13-6-2-1-3-7-13/h1-11H,12,22H2,(H,23,24). The third-order valence-electron chi connectivity index (χ3n) is 3.76. The van der Waals surface area contributed by atoms with Gasteiger partial charge in [0.1, 0.15) is 6.61 Å². The normalized spacial score (nSPS) is 10.4. The number of aromatic carboxylic acids is 1. The van der Waals surface area contributed by atoms with Gasteiger partial charge in [-0.3, -0.25) is 0 Å². The van der Waals surface area contributed by atoms with Gasteiger partial charge in [-0.05, 0) is 23.8 Å². The Morgan fingerprint density at radius 2 is 1.68 bits per heavy atom. The van der Waals surface area contributed by atoms with Crippen LogP contribution in [-0.2, 0) is 6.61 Å². The van der Waals surface area contributed by atoms with Crippen LogP contribution in [0.5, 0.6) is 5.75 Å². The van der Waals surface area contributed by atoms with Crippen LogP contribution in [0.1, 0.15) is 15.9 Å². The summed E-state index contributed by atoms with van der Waals surface area (Å²) >= 11 is 6.14. The number of rotatable bonds is 5. The largest absolute Gasteiger partial charge is 0.486 e. The predicted octanol–water partition coefficient (Wildman–Crippen LogP) is 4.87. The number of carboxylic acid groups (broad SMARTS) is 1. The Bertz CT molecular complexity index is 910. The Morgan fingerprint density at radius 3 is 2.40 bits per heavy atom. The molecule has 0 saturated heterocycles. The molecule has 0 amide bonds. The van der Waals surface area contributed by atoms with E-state index in [0.717, 1.165) is 5.56 Å². The number of carbonyl (C=O) groups is 1. The average molecular weight is 354 g/mol. The molecule has 0 bridgehead atoms. The summed E-state index contributed by atoms with van der Waals surface area (Å²) in [5.41, 5.74) is 8.66. The molecule has 0 unspecified atom stereocenters. The first-order valence-corrected chi connectivity index (χ1v) is 8.02. The lowest BCUT2D eigenvalue weighted by molar-refractivity contribution is 0.0697. The predicted molar refractivity (Wildman–Crippen MR) is 99.0 cm³/mol. The van der Waals surface area contributed by atoms with Crippen molar-refractivity contribution in [1.29, 1.82) is 0 Å². The van der Waals surface area contributed by atoms with E-state index in [-0.39, 0.29) is 5.56 Å². The highest BCUT2D eigenvalue weighted by Crippen LogP contribution is 2.39. The van der Waals surface area contributed by atoms with E-state index in [1.54, 1.807) is 30.3 Å². The monoisotopic (exact) mass is 353 g/mol. The maximum atomic E-state index is 11.6. The van der Waals surface area contributed by atoms with Gasteiger partial charge in [-0.2, -0.15) is 0 Å². The van der Waals surface area contributed by atoms with Crippen LogP contribution in [-0.4, -0.2) is 11.1 Å². The van der Waals surface area contributed by atoms with E-state index >= 15 is 0 Å². The summed E-state index contributed by atoms with van der Waals surface area (Å²) in [6.07, 6.45) is 0. The number of anilines is 1. The van der Waals surface area contributed by atoms with E-state index in [1.807, 2.05) is 30.3 Å². The minimum Gasteiger partial charge on any atom is -0.486 e. The van der Waals surface area contributed by atoms with E-state index in [2.05, 4.69) is 0 Å². The van der Waals surface area contributed by atoms with Crippen LogP contribution < -0.4 is 10.5 Å². The summed E-state index contributed by atoms with van der Waals surface area (Å²) in [5, 5.41) is 9.88. The molecule has 0 fully saturated rings. The van der Waals surface area contributed by atoms with E-state index in [4.69, 9.17) is 22.1 Å². The quantitative estimate of drug-likeness (QED) is 0.642. The molecule has 3 aromatic rings. The van der Waals surface area contributed by atoms with Crippen LogP contribution in [0, 0.1) is 0 Å². The number of ether oxygens (including phenoxy) is 1. The van der Waals surface area contributed by atoms with Crippen LogP contribution >= 0.6 is 11.6 Å². The van der Waals surface area contributed by atoms with Crippen molar-refractivity contribution in [2.45, 2.75) is 6.61 Å². The maximum absolute atomic E-state index is 11.6. The van der Waals surface area contributed by atoms with Gasteiger partial charge in [0.25, 0.3) is 0 Å². The molecule has 126 valence electrons. The van der Waals surface area contributed by atoms with Crippen LogP contribution in [0.4, 0.5) is 5.69 Å². The number of halogens is 1. The van der Waals surface area contributed by atoms with Gasteiger partial charge in [0, 0.05) is 16.1 Å². The molecule has 0 heterocycles. The van der Waals surface area contributed by atoms with E-state index < -0.39 is 5.97 Å². The van der Waals surface area contributed by atoms with Crippen molar-refractivity contribution in [2.24, 2.45) is 0 Å². The van der Waals surface area contributed by atoms with Gasteiger partial charge in [-0.25, -0.2) is 4.79 Å². The Morgan fingerprint density at radius 1 is 1.00 bits per heavy atom. The zero-order valence-corrected chi connectivity index (χ0v) is 14.0. The number of nitrogens with two attached hydrogens (primary N) is 1. The Hall–Kier alpha value is -2.98. The lowest BCUT2D eigenvalue weighted by Gasteiger charge is -2.16. The highest BCUT2D eigenvalue weighted by atomic mass is 35.5. The molecule has 3 N–H and O–H groups in total. The summed E-state index contributed by atoms with van der Waals surface area (Å²) in [6.45, 7) is 0.314. The van der Waals surface area contributed by atoms with Gasteiger partial charge >= 0.3 is 5.97 Å². The molecule has 0 spiro atoms. The lowest BCUT2D eigenvalue weighted by Crippen LogP contribution is -2.04. The Kier molecular flexibility index (Phi) is 4.91. The third kappa shape index (κ3) is 3.75. The molecule has 3 rings (SSSR count). The molecule has 3 aromatic carbocycles. The molecule has 0 aliphatic heterocycles. The first kappa shape index (κ1) is 16.9. The van der Waals surface area contributed by atoms with E-state index in [9.17, 15) is 9.90 Å². The van der Waals surface area contributed by atoms with Gasteiger partial charge in [0.15, 0.2) is 5.75 Å². The van der Waals surface area contributed by atoms with Gasteiger partial charge < -0.3 is 15.6 Å². The Labute approximate surface area is 150 Å². The van der Waals surface area contributed by atoms with Crippen molar-refractivity contribution in [3.8, 4) is 16.9 Å². The molecule has 0 atom stereocenters. The van der Waals surface area contributed by atoms with Crippen molar-refractivity contribution < 1.29 is 14.6 Å². The first-order chi connectivity index (χ1) is 12.1. The van der Waals surface area contributed by atoms with Crippen LogP contribution in [0.15, 0.2) is 66.7 Å². The number of nitrogen functional groups attached to an aromatic ring is 1. The second-order valence-corrected chi connectivity index (χ2v) is 5.93. The van der Waals surface area contributed by atoms with E-state index in [1.165, 1.54) is 6.07 Å². The summed E-state index contributed by atoms with van der Waals surface area (Å²) in [7, 11) is 0. The molecular weight excluding hydrogens is 338 g/mol. The number of hydrogen-bond acceptors (Lipinski definition) is 3. The fourth-order valence-corrected chi connectivity index (χ4v) is 2.84. The summed E-state index contributed by atoms with van der Waals surface area (Å²) in [5.74, 6) is -0.606. The fourth-order valence-electron chi connectivity index (χ4n) is 2.61. The van der Waals surface area contributed by atoms with Gasteiger partial charge in [0.2, 0.25) is 0 Å². The van der Waals surface area contributed by atoms with Crippen molar-refractivity contribution in [3.05, 3.63) is 82.9 Å². The smallest absolute Gasteiger partial charge is 0.336 e. The van der Waals surface area contributed by atoms with Crippen LogP contribution in [0.2, 0.25) is 5.02 Å². The zero-order valence-electron chi connectivity index (χ0n) is 13.3. The Balaban J connectivity index is 2.06. The van der Waals surface area contributed by atoms with E-state index in [0.29, 0.717) is 34.2 Å². The second-order valence-electron chi connectivity index (χ2n) is 5.50. The van der Waals surface area contributed by atoms with Crippen LogP contribution in [0.3, 0.4) is 0 Å². The minimum atomic E-state index is -1.02. The number of hydrogen-bond donors (Lipinski definition) is 2. The highest BCUT2D eigenvalue weighted by Gasteiger charge is 2.18. The lowest BCUT2D eigenvalue weighted by atomic mass is 9.98. The summed E-state index contributed by atoms with van der Waals surface area (Å²) in [4.78, 5) is 11.6. The molecule has 0 aromatic heterocycles. The molecule has 5 heteroatoms. The zero-order chi connectivity index (χ0) is 17.8. The van der Waals surface area contributed by atoms with Gasteiger partial charge in [-0.1, -0.05) is 60.1 Å². The summed E-state index contributed by atoms with van der Waals surface area (Å²) < 4.78 is 5.92. The molecule has 4 nitrogen and oxygen atoms in total. The first-order valence-electron chi connectivity index (χ1n) is 7.64. The average Bonchev–Trinajstić information content (AvgIpc) is 2.61. The van der Waals surface area contributed by atoms with Crippen molar-refractivity contribution in [3.63, 3.8) is 0 Å². The molecule has 0 aliphatic rings. The molecule has 0 saturated carbocycles. The molecular formula is C20H16ClNO3. The SMILES string of the molecule is Nc1cc(Cl)cc(-c2ccccc2C(=O)O)c1OCc1ccccc1.